The summed E-state index contributed by atoms with van der Waals surface area (Å²) in [5.74, 6) is -1.36. The molecule has 0 atom stereocenters. The molecule has 0 aliphatic carbocycles. The third kappa shape index (κ3) is 2.02. The van der Waals surface area contributed by atoms with E-state index in [0.717, 1.165) is 0 Å². The number of nitrogens with zero attached hydrogens (tertiary/aromatic N) is 2. The molecule has 17 heavy (non-hydrogen) atoms. The summed E-state index contributed by atoms with van der Waals surface area (Å²) in [4.78, 5) is 24.4. The van der Waals surface area contributed by atoms with Gasteiger partial charge in [0.25, 0.3) is 0 Å². The fourth-order valence-corrected chi connectivity index (χ4v) is 1.93. The largest absolute Gasteiger partial charge is 0.475 e. The van der Waals surface area contributed by atoms with E-state index in [9.17, 15) is 9.59 Å². The van der Waals surface area contributed by atoms with Crippen LogP contribution in [0.5, 0.6) is 0 Å². The lowest BCUT2D eigenvalue weighted by Gasteiger charge is -2.27. The van der Waals surface area contributed by atoms with Crippen LogP contribution in [0.2, 0.25) is 0 Å². The van der Waals surface area contributed by atoms with Gasteiger partial charge in [-0.05, 0) is 0 Å². The molecule has 1 N–H and O–H groups in total. The van der Waals surface area contributed by atoms with Gasteiger partial charge >= 0.3 is 5.97 Å². The number of carboxylic acid groups (broad SMARTS) is 1. The molecule has 0 aromatic carbocycles. The zero-order valence-corrected chi connectivity index (χ0v) is 9.77. The lowest BCUT2D eigenvalue weighted by atomic mass is 10.0. The van der Waals surface area contributed by atoms with E-state index in [1.807, 2.05) is 13.8 Å². The van der Waals surface area contributed by atoms with E-state index >= 15 is 0 Å². The van der Waals surface area contributed by atoms with Crippen LogP contribution in [0.3, 0.4) is 0 Å². The summed E-state index contributed by atoms with van der Waals surface area (Å²) in [7, 11) is 0. The van der Waals surface area contributed by atoms with Gasteiger partial charge in [0.2, 0.25) is 11.7 Å². The zero-order chi connectivity index (χ0) is 12.6. The number of hydrogen-bond donors (Lipinski definition) is 1. The monoisotopic (exact) mass is 238 g/mol. The molecule has 1 aliphatic heterocycles. The maximum Gasteiger partial charge on any atom is 0.375 e. The topological polar surface area (TPSA) is 83.6 Å². The van der Waals surface area contributed by atoms with Crippen LogP contribution in [-0.4, -0.2) is 33.6 Å². The SMILES string of the molecule is CC(C)C(=O)N1CCc2noc(C(=O)O)c2C1. The van der Waals surface area contributed by atoms with Crippen molar-refractivity contribution in [3.63, 3.8) is 0 Å². The smallest absolute Gasteiger partial charge is 0.375 e. The summed E-state index contributed by atoms with van der Waals surface area (Å²) in [5.41, 5.74) is 1.17. The van der Waals surface area contributed by atoms with Gasteiger partial charge in [-0.1, -0.05) is 19.0 Å². The molecule has 92 valence electrons. The summed E-state index contributed by atoms with van der Waals surface area (Å²) in [6.07, 6.45) is 0.546. The van der Waals surface area contributed by atoms with Gasteiger partial charge in [0.1, 0.15) is 0 Å². The lowest BCUT2D eigenvalue weighted by molar-refractivity contribution is -0.135. The van der Waals surface area contributed by atoms with Crippen molar-refractivity contribution in [2.24, 2.45) is 5.92 Å². The highest BCUT2D eigenvalue weighted by Crippen LogP contribution is 2.23. The van der Waals surface area contributed by atoms with Gasteiger partial charge in [-0.3, -0.25) is 4.79 Å². The van der Waals surface area contributed by atoms with Crippen LogP contribution in [0.1, 0.15) is 35.7 Å². The van der Waals surface area contributed by atoms with Gasteiger partial charge in [-0.15, -0.1) is 0 Å². The number of carbonyl (C=O) groups is 2. The van der Waals surface area contributed by atoms with E-state index in [1.54, 1.807) is 4.90 Å². The molecule has 2 rings (SSSR count). The molecule has 1 aromatic heterocycles. The van der Waals surface area contributed by atoms with E-state index in [-0.39, 0.29) is 24.1 Å². The first-order valence-corrected chi connectivity index (χ1v) is 5.50. The number of hydrogen-bond acceptors (Lipinski definition) is 4. The van der Waals surface area contributed by atoms with E-state index in [1.165, 1.54) is 0 Å². The van der Waals surface area contributed by atoms with Gasteiger partial charge < -0.3 is 14.5 Å². The fourth-order valence-electron chi connectivity index (χ4n) is 1.93. The minimum Gasteiger partial charge on any atom is -0.475 e. The van der Waals surface area contributed by atoms with Crippen LogP contribution in [0.15, 0.2) is 4.52 Å². The number of amides is 1. The Bertz CT molecular complexity index is 464. The third-order valence-corrected chi connectivity index (χ3v) is 2.84. The lowest BCUT2D eigenvalue weighted by Crippen LogP contribution is -2.38. The Morgan fingerprint density at radius 1 is 1.47 bits per heavy atom. The average Bonchev–Trinajstić information content (AvgIpc) is 2.70. The van der Waals surface area contributed by atoms with Crippen molar-refractivity contribution in [3.05, 3.63) is 17.0 Å². The Balaban J connectivity index is 2.25. The van der Waals surface area contributed by atoms with Crippen molar-refractivity contribution >= 4 is 11.9 Å². The van der Waals surface area contributed by atoms with E-state index < -0.39 is 5.97 Å². The van der Waals surface area contributed by atoms with Gasteiger partial charge in [0, 0.05) is 24.4 Å². The molecule has 2 heterocycles. The molecule has 0 saturated heterocycles. The summed E-state index contributed by atoms with van der Waals surface area (Å²) in [6, 6.07) is 0. The highest BCUT2D eigenvalue weighted by molar-refractivity contribution is 5.86. The predicted molar refractivity (Wildman–Crippen MR) is 57.4 cm³/mol. The maximum atomic E-state index is 11.8. The van der Waals surface area contributed by atoms with Crippen molar-refractivity contribution in [2.75, 3.05) is 6.54 Å². The van der Waals surface area contributed by atoms with Crippen LogP contribution < -0.4 is 0 Å². The van der Waals surface area contributed by atoms with E-state index in [4.69, 9.17) is 9.63 Å². The van der Waals surface area contributed by atoms with Crippen LogP contribution in [0, 0.1) is 5.92 Å². The molecule has 0 saturated carbocycles. The van der Waals surface area contributed by atoms with Crippen molar-refractivity contribution in [1.29, 1.82) is 0 Å². The number of carbonyl (C=O) groups excluding carboxylic acids is 1. The second kappa shape index (κ2) is 4.20. The number of rotatable bonds is 2. The van der Waals surface area contributed by atoms with Crippen molar-refractivity contribution in [3.8, 4) is 0 Å². The summed E-state index contributed by atoms with van der Waals surface area (Å²) >= 11 is 0. The zero-order valence-electron chi connectivity index (χ0n) is 9.77. The molecule has 1 aliphatic rings. The number of aromatic nitrogens is 1. The molecule has 0 fully saturated rings. The van der Waals surface area contributed by atoms with E-state index in [2.05, 4.69) is 5.16 Å². The Morgan fingerprint density at radius 3 is 2.76 bits per heavy atom. The van der Waals surface area contributed by atoms with Crippen LogP contribution in [-0.2, 0) is 17.8 Å². The molecule has 1 aromatic rings. The maximum absolute atomic E-state index is 11.8. The Labute approximate surface area is 98.2 Å². The number of carboxylic acids is 1. The van der Waals surface area contributed by atoms with Crippen LogP contribution >= 0.6 is 0 Å². The van der Waals surface area contributed by atoms with Crippen LogP contribution in [0.4, 0.5) is 0 Å². The fraction of sp³-hybridized carbons (Fsp3) is 0.545. The van der Waals surface area contributed by atoms with Gasteiger partial charge in [0.15, 0.2) is 0 Å². The highest BCUT2D eigenvalue weighted by atomic mass is 16.5. The molecular formula is C11H14N2O4. The second-order valence-corrected chi connectivity index (χ2v) is 4.41. The second-order valence-electron chi connectivity index (χ2n) is 4.41. The quantitative estimate of drug-likeness (QED) is 0.828. The normalized spacial score (nSPS) is 14.9. The Morgan fingerprint density at radius 2 is 2.18 bits per heavy atom. The highest BCUT2D eigenvalue weighted by Gasteiger charge is 2.30. The minimum absolute atomic E-state index is 0.0215. The number of aromatic carboxylic acids is 1. The van der Waals surface area contributed by atoms with Crippen LogP contribution in [0.25, 0.3) is 0 Å². The van der Waals surface area contributed by atoms with Crippen molar-refractivity contribution < 1.29 is 19.2 Å². The summed E-state index contributed by atoms with van der Waals surface area (Å²) < 4.78 is 4.78. The predicted octanol–water partition coefficient (Wildman–Crippen LogP) is 0.914. The third-order valence-electron chi connectivity index (χ3n) is 2.84. The standard InChI is InChI=1S/C11H14N2O4/c1-6(2)10(14)13-4-3-8-7(5-13)9(11(15)16)17-12-8/h6H,3-5H2,1-2H3,(H,15,16). The van der Waals surface area contributed by atoms with Crippen molar-refractivity contribution in [2.45, 2.75) is 26.8 Å². The van der Waals surface area contributed by atoms with E-state index in [0.29, 0.717) is 24.2 Å². The summed E-state index contributed by atoms with van der Waals surface area (Å²) in [5, 5.41) is 12.6. The van der Waals surface area contributed by atoms with Gasteiger partial charge in [0.05, 0.1) is 12.2 Å². The molecule has 6 nitrogen and oxygen atoms in total. The first-order chi connectivity index (χ1) is 8.00. The first kappa shape index (κ1) is 11.6. The molecule has 0 spiro atoms. The Kier molecular flexibility index (Phi) is 2.87. The van der Waals surface area contributed by atoms with Gasteiger partial charge in [-0.2, -0.15) is 0 Å². The Hall–Kier alpha value is -1.85. The molecule has 1 amide bonds. The molecule has 0 bridgehead atoms. The van der Waals surface area contributed by atoms with Gasteiger partial charge in [-0.25, -0.2) is 4.79 Å². The number of fused-ring (bicyclic) bond motifs is 1. The van der Waals surface area contributed by atoms with Crippen molar-refractivity contribution in [1.82, 2.24) is 10.1 Å². The molecule has 0 unspecified atom stereocenters. The molecule has 6 heteroatoms. The average molecular weight is 238 g/mol. The molecule has 0 radical (unpaired) electrons. The minimum atomic E-state index is -1.14. The molecular weight excluding hydrogens is 224 g/mol. The summed E-state index contributed by atoms with van der Waals surface area (Å²) in [6.45, 7) is 4.49. The first-order valence-electron chi connectivity index (χ1n) is 5.50.